The minimum Gasteiger partial charge on any atom is -0.382 e. The van der Waals surface area contributed by atoms with Crippen molar-refractivity contribution in [1.29, 1.82) is 0 Å². The van der Waals surface area contributed by atoms with Gasteiger partial charge in [-0.15, -0.1) is 0 Å². The molecule has 1 aliphatic heterocycles. The molecule has 1 aromatic rings. The maximum atomic E-state index is 11.6. The molecule has 0 aliphatic carbocycles. The molecular weight excluding hydrogens is 240 g/mol. The molecule has 1 aliphatic rings. The molecule has 2 rings (SSSR count). The van der Waals surface area contributed by atoms with Gasteiger partial charge in [-0.1, -0.05) is 0 Å². The van der Waals surface area contributed by atoms with Gasteiger partial charge in [-0.3, -0.25) is 4.79 Å². The molecule has 0 radical (unpaired) electrons. The van der Waals surface area contributed by atoms with Gasteiger partial charge in [0.25, 0.3) is 5.91 Å². The minimum atomic E-state index is -0.0440. The van der Waals surface area contributed by atoms with Crippen molar-refractivity contribution in [2.45, 2.75) is 32.2 Å². The fourth-order valence-corrected chi connectivity index (χ4v) is 2.38. The Balaban J connectivity index is 2.05. The summed E-state index contributed by atoms with van der Waals surface area (Å²) >= 11 is 0. The van der Waals surface area contributed by atoms with Gasteiger partial charge in [0.15, 0.2) is 0 Å². The van der Waals surface area contributed by atoms with Crippen molar-refractivity contribution in [3.63, 3.8) is 0 Å². The summed E-state index contributed by atoms with van der Waals surface area (Å²) in [4.78, 5) is 11.6. The van der Waals surface area contributed by atoms with Crippen molar-refractivity contribution in [2.75, 3.05) is 25.6 Å². The van der Waals surface area contributed by atoms with E-state index in [4.69, 9.17) is 4.74 Å². The molecule has 2 N–H and O–H groups in total. The van der Waals surface area contributed by atoms with Crippen LogP contribution in [-0.2, 0) is 4.74 Å². The van der Waals surface area contributed by atoms with Crippen LogP contribution in [0.5, 0.6) is 0 Å². The average molecular weight is 262 g/mol. The highest BCUT2D eigenvalue weighted by Gasteiger charge is 2.13. The van der Waals surface area contributed by atoms with E-state index in [-0.39, 0.29) is 5.91 Å². The van der Waals surface area contributed by atoms with E-state index in [2.05, 4.69) is 10.6 Å². The largest absolute Gasteiger partial charge is 0.382 e. The second kappa shape index (κ2) is 6.57. The van der Waals surface area contributed by atoms with Crippen molar-refractivity contribution in [3.8, 4) is 0 Å². The Bertz CT molecular complexity index is 438. The molecule has 19 heavy (non-hydrogen) atoms. The number of benzene rings is 1. The highest BCUT2D eigenvalue weighted by Crippen LogP contribution is 2.20. The second-order valence-corrected chi connectivity index (χ2v) is 4.99. The number of hydrogen-bond donors (Lipinski definition) is 2. The Morgan fingerprint density at radius 1 is 1.32 bits per heavy atom. The van der Waals surface area contributed by atoms with E-state index in [0.29, 0.717) is 11.6 Å². The van der Waals surface area contributed by atoms with Crippen LogP contribution >= 0.6 is 0 Å². The van der Waals surface area contributed by atoms with E-state index < -0.39 is 0 Å². The van der Waals surface area contributed by atoms with Gasteiger partial charge < -0.3 is 15.4 Å². The molecule has 0 aromatic heterocycles. The van der Waals surface area contributed by atoms with Crippen LogP contribution in [0.25, 0.3) is 0 Å². The second-order valence-electron chi connectivity index (χ2n) is 4.99. The molecule has 1 unspecified atom stereocenters. The average Bonchev–Trinajstić information content (AvgIpc) is 2.68. The highest BCUT2D eigenvalue weighted by molar-refractivity contribution is 5.94. The van der Waals surface area contributed by atoms with Crippen LogP contribution in [0.3, 0.4) is 0 Å². The topological polar surface area (TPSA) is 50.4 Å². The van der Waals surface area contributed by atoms with E-state index in [9.17, 15) is 4.79 Å². The van der Waals surface area contributed by atoms with Crippen molar-refractivity contribution < 1.29 is 9.53 Å². The molecule has 4 heteroatoms. The van der Waals surface area contributed by atoms with E-state index in [0.717, 1.165) is 43.7 Å². The fraction of sp³-hybridized carbons (Fsp3) is 0.533. The summed E-state index contributed by atoms with van der Waals surface area (Å²) in [6, 6.07) is 6.24. The van der Waals surface area contributed by atoms with Gasteiger partial charge >= 0.3 is 0 Å². The summed E-state index contributed by atoms with van der Waals surface area (Å²) in [5, 5.41) is 6.20. The maximum Gasteiger partial charge on any atom is 0.251 e. The number of hydrogen-bond acceptors (Lipinski definition) is 3. The van der Waals surface area contributed by atoms with Crippen LogP contribution in [0.1, 0.15) is 35.2 Å². The number of aryl methyl sites for hydroxylation is 1. The zero-order valence-electron chi connectivity index (χ0n) is 11.7. The van der Waals surface area contributed by atoms with E-state index in [1.54, 1.807) is 7.05 Å². The number of carbonyl (C=O) groups excluding carboxylic acids is 1. The Hall–Kier alpha value is -1.55. The Kier molecular flexibility index (Phi) is 4.80. The third-order valence-electron chi connectivity index (χ3n) is 3.53. The lowest BCUT2D eigenvalue weighted by molar-refractivity contribution is 0.0963. The van der Waals surface area contributed by atoms with Crippen molar-refractivity contribution in [1.82, 2.24) is 5.32 Å². The molecule has 1 fully saturated rings. The van der Waals surface area contributed by atoms with Gasteiger partial charge in [-0.25, -0.2) is 0 Å². The van der Waals surface area contributed by atoms with Crippen LogP contribution in [0.2, 0.25) is 0 Å². The predicted octanol–water partition coefficient (Wildman–Crippen LogP) is 2.34. The summed E-state index contributed by atoms with van der Waals surface area (Å²) in [6.07, 6.45) is 3.28. The summed E-state index contributed by atoms with van der Waals surface area (Å²) in [7, 11) is 1.65. The highest BCUT2D eigenvalue weighted by atomic mass is 16.5. The summed E-state index contributed by atoms with van der Waals surface area (Å²) < 4.78 is 5.46. The first-order chi connectivity index (χ1) is 9.20. The molecule has 104 valence electrons. The van der Waals surface area contributed by atoms with Gasteiger partial charge in [-0.2, -0.15) is 0 Å². The monoisotopic (exact) mass is 262 g/mol. The van der Waals surface area contributed by atoms with E-state index >= 15 is 0 Å². The quantitative estimate of drug-likeness (QED) is 0.879. The molecule has 1 aromatic carbocycles. The number of carbonyl (C=O) groups is 1. The third-order valence-corrected chi connectivity index (χ3v) is 3.53. The molecule has 0 saturated carbocycles. The number of rotatable bonds is 3. The first kappa shape index (κ1) is 13.9. The van der Waals surface area contributed by atoms with Crippen LogP contribution in [0.15, 0.2) is 18.2 Å². The molecule has 1 amide bonds. The Morgan fingerprint density at radius 2 is 2.16 bits per heavy atom. The number of nitrogens with one attached hydrogen (secondary N) is 2. The van der Waals surface area contributed by atoms with Crippen LogP contribution < -0.4 is 10.6 Å². The van der Waals surface area contributed by atoms with Crippen LogP contribution in [0.4, 0.5) is 5.69 Å². The number of amides is 1. The van der Waals surface area contributed by atoms with Crippen LogP contribution in [0, 0.1) is 6.92 Å². The van der Waals surface area contributed by atoms with Crippen molar-refractivity contribution >= 4 is 11.6 Å². The lowest BCUT2D eigenvalue weighted by Crippen LogP contribution is -2.21. The standard InChI is InChI=1S/C15H22N2O2/c1-11-10-12(15(18)16-2)5-6-14(11)17-13-4-3-8-19-9-7-13/h5-6,10,13,17H,3-4,7-9H2,1-2H3,(H,16,18). The lowest BCUT2D eigenvalue weighted by atomic mass is 10.1. The Morgan fingerprint density at radius 3 is 2.89 bits per heavy atom. The molecular formula is C15H22N2O2. The van der Waals surface area contributed by atoms with Gasteiger partial charge in [0.1, 0.15) is 0 Å². The summed E-state index contributed by atoms with van der Waals surface area (Å²) in [5.74, 6) is -0.0440. The van der Waals surface area contributed by atoms with Gasteiger partial charge in [-0.05, 0) is 49.9 Å². The number of anilines is 1. The SMILES string of the molecule is CNC(=O)c1ccc(NC2CCCOCC2)c(C)c1. The first-order valence-corrected chi connectivity index (χ1v) is 6.87. The zero-order chi connectivity index (χ0) is 13.7. The predicted molar refractivity (Wildman–Crippen MR) is 76.6 cm³/mol. The Labute approximate surface area is 114 Å². The fourth-order valence-electron chi connectivity index (χ4n) is 2.38. The smallest absolute Gasteiger partial charge is 0.251 e. The van der Waals surface area contributed by atoms with Crippen LogP contribution in [-0.4, -0.2) is 32.2 Å². The normalized spacial score (nSPS) is 19.6. The molecule has 1 atom stereocenters. The minimum absolute atomic E-state index is 0.0440. The van der Waals surface area contributed by atoms with Gasteiger partial charge in [0, 0.05) is 37.6 Å². The third kappa shape index (κ3) is 3.70. The molecule has 0 spiro atoms. The summed E-state index contributed by atoms with van der Waals surface area (Å²) in [5.41, 5.74) is 2.92. The van der Waals surface area contributed by atoms with Crippen molar-refractivity contribution in [3.05, 3.63) is 29.3 Å². The van der Waals surface area contributed by atoms with E-state index in [1.165, 1.54) is 0 Å². The number of ether oxygens (including phenoxy) is 1. The lowest BCUT2D eigenvalue weighted by Gasteiger charge is -2.19. The van der Waals surface area contributed by atoms with Gasteiger partial charge in [0.2, 0.25) is 0 Å². The summed E-state index contributed by atoms with van der Waals surface area (Å²) in [6.45, 7) is 3.72. The molecule has 1 saturated heterocycles. The zero-order valence-corrected chi connectivity index (χ0v) is 11.7. The van der Waals surface area contributed by atoms with Crippen molar-refractivity contribution in [2.24, 2.45) is 0 Å². The van der Waals surface area contributed by atoms with E-state index in [1.807, 2.05) is 25.1 Å². The molecule has 4 nitrogen and oxygen atoms in total. The molecule has 1 heterocycles. The van der Waals surface area contributed by atoms with Gasteiger partial charge in [0.05, 0.1) is 0 Å². The molecule has 0 bridgehead atoms. The first-order valence-electron chi connectivity index (χ1n) is 6.87. The maximum absolute atomic E-state index is 11.6.